The monoisotopic (exact) mass is 445 g/mol. The summed E-state index contributed by atoms with van der Waals surface area (Å²) in [4.78, 5) is 17.5. The van der Waals surface area contributed by atoms with Crippen LogP contribution in [0.5, 0.6) is 0 Å². The van der Waals surface area contributed by atoms with Gasteiger partial charge in [0.05, 0.1) is 11.2 Å². The molecule has 0 aliphatic heterocycles. The van der Waals surface area contributed by atoms with Crippen LogP contribution in [0.1, 0.15) is 38.0 Å². The Labute approximate surface area is 192 Å². The van der Waals surface area contributed by atoms with Crippen LogP contribution >= 0.6 is 11.6 Å². The zero-order valence-corrected chi connectivity index (χ0v) is 19.0. The predicted octanol–water partition coefficient (Wildman–Crippen LogP) is 7.60. The fourth-order valence-corrected chi connectivity index (χ4v) is 3.62. The highest BCUT2D eigenvalue weighted by Crippen LogP contribution is 2.35. The number of carbonyl (C=O) groups is 1. The van der Waals surface area contributed by atoms with E-state index in [0.717, 1.165) is 33.3 Å². The molecule has 4 rings (SSSR count). The van der Waals surface area contributed by atoms with Gasteiger partial charge in [-0.3, -0.25) is 0 Å². The molecule has 0 N–H and O–H groups in total. The molecule has 1 atom stereocenters. The third-order valence-electron chi connectivity index (χ3n) is 4.88. The molecule has 4 aromatic rings. The van der Waals surface area contributed by atoms with Crippen LogP contribution in [0.4, 0.5) is 4.79 Å². The van der Waals surface area contributed by atoms with E-state index in [2.05, 4.69) is 0 Å². The van der Waals surface area contributed by atoms with Crippen LogP contribution in [0.3, 0.4) is 0 Å². The molecule has 162 valence electrons. The van der Waals surface area contributed by atoms with E-state index in [0.29, 0.717) is 5.02 Å². The first kappa shape index (κ1) is 21.8. The van der Waals surface area contributed by atoms with E-state index >= 15 is 0 Å². The van der Waals surface area contributed by atoms with E-state index in [1.807, 2.05) is 72.8 Å². The van der Waals surface area contributed by atoms with Crippen molar-refractivity contribution < 1.29 is 14.3 Å². The first-order valence-corrected chi connectivity index (χ1v) is 10.8. The Morgan fingerprint density at radius 1 is 0.906 bits per heavy atom. The second-order valence-corrected chi connectivity index (χ2v) is 8.93. The number of hydrogen-bond acceptors (Lipinski definition) is 4. The molecule has 0 radical (unpaired) electrons. The van der Waals surface area contributed by atoms with Gasteiger partial charge in [-0.05, 0) is 50.6 Å². The quantitative estimate of drug-likeness (QED) is 0.303. The molecule has 0 aliphatic carbocycles. The van der Waals surface area contributed by atoms with Crippen LogP contribution in [0.25, 0.3) is 22.2 Å². The number of carbonyl (C=O) groups excluding carboxylic acids is 1. The first-order valence-electron chi connectivity index (χ1n) is 10.4. The molecule has 0 saturated heterocycles. The van der Waals surface area contributed by atoms with Crippen molar-refractivity contribution in [1.82, 2.24) is 4.98 Å². The van der Waals surface area contributed by atoms with Gasteiger partial charge in [0.2, 0.25) is 0 Å². The maximum Gasteiger partial charge on any atom is 0.509 e. The molecule has 0 fully saturated rings. The van der Waals surface area contributed by atoms with Gasteiger partial charge in [0, 0.05) is 21.5 Å². The Kier molecular flexibility index (Phi) is 6.15. The van der Waals surface area contributed by atoms with E-state index in [-0.39, 0.29) is 0 Å². The van der Waals surface area contributed by atoms with Gasteiger partial charge < -0.3 is 9.47 Å². The van der Waals surface area contributed by atoms with E-state index in [1.54, 1.807) is 32.9 Å². The van der Waals surface area contributed by atoms with Crippen molar-refractivity contribution in [2.45, 2.75) is 32.5 Å². The summed E-state index contributed by atoms with van der Waals surface area (Å²) in [5.74, 6) is 0. The lowest BCUT2D eigenvalue weighted by atomic mass is 9.95. The Bertz CT molecular complexity index is 1230. The van der Waals surface area contributed by atoms with Gasteiger partial charge in [0.25, 0.3) is 0 Å². The van der Waals surface area contributed by atoms with Gasteiger partial charge in [0.1, 0.15) is 5.60 Å². The Balaban J connectivity index is 1.88. The van der Waals surface area contributed by atoms with Crippen molar-refractivity contribution in [3.63, 3.8) is 0 Å². The number of para-hydroxylation sites is 1. The molecule has 0 aliphatic rings. The maximum atomic E-state index is 12.7. The van der Waals surface area contributed by atoms with Crippen LogP contribution in [0.2, 0.25) is 5.02 Å². The third-order valence-corrected chi connectivity index (χ3v) is 5.13. The largest absolute Gasteiger partial charge is 0.509 e. The zero-order valence-electron chi connectivity index (χ0n) is 18.2. The fourth-order valence-electron chi connectivity index (χ4n) is 3.49. The van der Waals surface area contributed by atoms with Gasteiger partial charge >= 0.3 is 6.16 Å². The van der Waals surface area contributed by atoms with Gasteiger partial charge in [-0.1, -0.05) is 72.3 Å². The number of pyridine rings is 1. The molecule has 1 unspecified atom stereocenters. The summed E-state index contributed by atoms with van der Waals surface area (Å²) in [5.41, 5.74) is 3.53. The predicted molar refractivity (Wildman–Crippen MR) is 128 cm³/mol. The lowest BCUT2D eigenvalue weighted by Gasteiger charge is -2.24. The molecular weight excluding hydrogens is 422 g/mol. The number of ether oxygens (including phenoxy) is 2. The van der Waals surface area contributed by atoms with Crippen LogP contribution in [0, 0.1) is 0 Å². The highest BCUT2D eigenvalue weighted by molar-refractivity contribution is 6.30. The minimum Gasteiger partial charge on any atom is -0.429 e. The molecule has 32 heavy (non-hydrogen) atoms. The highest BCUT2D eigenvalue weighted by Gasteiger charge is 2.26. The summed E-state index contributed by atoms with van der Waals surface area (Å²) in [6, 6.07) is 27.0. The molecule has 1 heterocycles. The Morgan fingerprint density at radius 3 is 2.25 bits per heavy atom. The smallest absolute Gasteiger partial charge is 0.429 e. The average Bonchev–Trinajstić information content (AvgIpc) is 2.77. The van der Waals surface area contributed by atoms with Crippen LogP contribution in [-0.2, 0) is 9.47 Å². The fraction of sp³-hybridized carbons (Fsp3) is 0.185. The second kappa shape index (κ2) is 9.01. The van der Waals surface area contributed by atoms with Crippen LogP contribution in [-0.4, -0.2) is 16.7 Å². The van der Waals surface area contributed by atoms with Crippen molar-refractivity contribution in [3.05, 3.63) is 101 Å². The first-order chi connectivity index (χ1) is 15.3. The SMILES string of the molecule is CC(C)(C)OC(=O)OC(c1ccc(Cl)cc1)c1cc(-c2ccccc2)nc2ccccc12. The molecule has 3 aromatic carbocycles. The summed E-state index contributed by atoms with van der Waals surface area (Å²) < 4.78 is 11.4. The normalized spacial score (nSPS) is 12.4. The molecule has 4 nitrogen and oxygen atoms in total. The van der Waals surface area contributed by atoms with Crippen molar-refractivity contribution in [1.29, 1.82) is 0 Å². The van der Waals surface area contributed by atoms with Crippen LogP contribution in [0.15, 0.2) is 84.9 Å². The van der Waals surface area contributed by atoms with Gasteiger partial charge in [-0.25, -0.2) is 9.78 Å². The summed E-state index contributed by atoms with van der Waals surface area (Å²) in [5, 5.41) is 1.50. The van der Waals surface area contributed by atoms with Crippen molar-refractivity contribution >= 4 is 28.7 Å². The Morgan fingerprint density at radius 2 is 1.56 bits per heavy atom. The van der Waals surface area contributed by atoms with Gasteiger partial charge in [0.15, 0.2) is 6.10 Å². The summed E-state index contributed by atoms with van der Waals surface area (Å²) in [6.45, 7) is 5.42. The lowest BCUT2D eigenvalue weighted by molar-refractivity contribution is -0.0199. The lowest BCUT2D eigenvalue weighted by Crippen LogP contribution is -2.26. The van der Waals surface area contributed by atoms with Crippen molar-refractivity contribution in [2.24, 2.45) is 0 Å². The summed E-state index contributed by atoms with van der Waals surface area (Å²) in [7, 11) is 0. The van der Waals surface area contributed by atoms with Crippen LogP contribution < -0.4 is 0 Å². The maximum absolute atomic E-state index is 12.7. The topological polar surface area (TPSA) is 48.4 Å². The van der Waals surface area contributed by atoms with Gasteiger partial charge in [-0.2, -0.15) is 0 Å². The van der Waals surface area contributed by atoms with Gasteiger partial charge in [-0.15, -0.1) is 0 Å². The van der Waals surface area contributed by atoms with Crippen molar-refractivity contribution in [3.8, 4) is 11.3 Å². The number of rotatable bonds is 4. The standard InChI is InChI=1S/C27H24ClNO3/c1-27(2,3)32-26(30)31-25(19-13-15-20(28)16-14-19)22-17-24(18-9-5-4-6-10-18)29-23-12-8-7-11-21(22)23/h4-17,25H,1-3H3. The number of aromatic nitrogens is 1. The van der Waals surface area contributed by atoms with Crippen molar-refractivity contribution in [2.75, 3.05) is 0 Å². The molecule has 0 bridgehead atoms. The molecule has 1 aromatic heterocycles. The number of fused-ring (bicyclic) bond motifs is 1. The molecule has 5 heteroatoms. The zero-order chi connectivity index (χ0) is 22.7. The highest BCUT2D eigenvalue weighted by atomic mass is 35.5. The Hall–Kier alpha value is -3.37. The second-order valence-electron chi connectivity index (χ2n) is 8.49. The number of hydrogen-bond donors (Lipinski definition) is 0. The average molecular weight is 446 g/mol. The summed E-state index contributed by atoms with van der Waals surface area (Å²) >= 11 is 6.11. The molecule has 0 amide bonds. The minimum atomic E-state index is -0.736. The number of nitrogens with zero attached hydrogens (tertiary/aromatic N) is 1. The van der Waals surface area contributed by atoms with E-state index in [9.17, 15) is 4.79 Å². The molecule has 0 saturated carbocycles. The molecular formula is C27H24ClNO3. The van der Waals surface area contributed by atoms with E-state index < -0.39 is 17.9 Å². The summed E-state index contributed by atoms with van der Waals surface area (Å²) in [6.07, 6.45) is -1.43. The minimum absolute atomic E-state index is 0.606. The number of halogens is 1. The number of benzene rings is 3. The van der Waals surface area contributed by atoms with E-state index in [1.165, 1.54) is 0 Å². The third kappa shape index (κ3) is 5.09. The van der Waals surface area contributed by atoms with E-state index in [4.69, 9.17) is 26.1 Å². The molecule has 0 spiro atoms.